The first kappa shape index (κ1) is 17.7. The number of amides is 3. The summed E-state index contributed by atoms with van der Waals surface area (Å²) in [6, 6.07) is 2.49. The van der Waals surface area contributed by atoms with Crippen LogP contribution in [0.2, 0.25) is 0 Å². The number of carboxylic acid groups (broad SMARTS) is 1. The number of hydrogen-bond donors (Lipinski definition) is 2. The van der Waals surface area contributed by atoms with Gasteiger partial charge in [-0.3, -0.25) is 14.6 Å². The largest absolute Gasteiger partial charge is 0.481 e. The maximum atomic E-state index is 12.6. The summed E-state index contributed by atoms with van der Waals surface area (Å²) in [4.78, 5) is 42.6. The molecule has 0 spiro atoms. The van der Waals surface area contributed by atoms with E-state index in [9.17, 15) is 14.4 Å². The number of urea groups is 1. The van der Waals surface area contributed by atoms with Crippen molar-refractivity contribution in [1.29, 1.82) is 0 Å². The highest BCUT2D eigenvalue weighted by molar-refractivity contribution is 5.99. The molecule has 2 unspecified atom stereocenters. The number of carbonyl (C=O) groups is 3. The van der Waals surface area contributed by atoms with Crippen molar-refractivity contribution in [2.45, 2.75) is 25.8 Å². The first-order valence-corrected chi connectivity index (χ1v) is 7.86. The predicted octanol–water partition coefficient (Wildman–Crippen LogP) is 0.939. The van der Waals surface area contributed by atoms with Crippen LogP contribution in [0.4, 0.5) is 10.5 Å². The van der Waals surface area contributed by atoms with Gasteiger partial charge in [0.2, 0.25) is 5.91 Å². The summed E-state index contributed by atoms with van der Waals surface area (Å²) in [5.74, 6) is -1.82. The fourth-order valence-corrected chi connectivity index (χ4v) is 2.61. The summed E-state index contributed by atoms with van der Waals surface area (Å²) < 4.78 is 0. The molecule has 1 aromatic rings. The molecule has 130 valence electrons. The van der Waals surface area contributed by atoms with Gasteiger partial charge in [-0.15, -0.1) is 0 Å². The van der Waals surface area contributed by atoms with Crippen molar-refractivity contribution in [1.82, 2.24) is 15.2 Å². The normalized spacial score (nSPS) is 18.8. The van der Waals surface area contributed by atoms with Gasteiger partial charge in [-0.05, 0) is 25.0 Å². The molecule has 1 fully saturated rings. The Balaban J connectivity index is 1.97. The molecule has 0 bridgehead atoms. The first-order valence-electron chi connectivity index (χ1n) is 7.86. The third-order valence-corrected chi connectivity index (χ3v) is 4.01. The van der Waals surface area contributed by atoms with Crippen LogP contribution < -0.4 is 10.2 Å². The maximum absolute atomic E-state index is 12.6. The number of rotatable bonds is 5. The van der Waals surface area contributed by atoms with Gasteiger partial charge in [-0.25, -0.2) is 4.79 Å². The smallest absolute Gasteiger partial charge is 0.317 e. The van der Waals surface area contributed by atoms with Gasteiger partial charge in [-0.2, -0.15) is 0 Å². The monoisotopic (exact) mass is 334 g/mol. The highest BCUT2D eigenvalue weighted by Crippen LogP contribution is 2.20. The molecule has 1 aliphatic rings. The van der Waals surface area contributed by atoms with E-state index < -0.39 is 24.0 Å². The molecular weight excluding hydrogens is 312 g/mol. The summed E-state index contributed by atoms with van der Waals surface area (Å²) in [5.41, 5.74) is 0.703. The predicted molar refractivity (Wildman–Crippen MR) is 87.6 cm³/mol. The summed E-state index contributed by atoms with van der Waals surface area (Å²) in [6.07, 6.45) is 4.57. The van der Waals surface area contributed by atoms with E-state index in [-0.39, 0.29) is 12.5 Å². The van der Waals surface area contributed by atoms with Gasteiger partial charge in [0.15, 0.2) is 0 Å². The van der Waals surface area contributed by atoms with Gasteiger partial charge in [-0.1, -0.05) is 6.92 Å². The molecule has 2 atom stereocenters. The molecule has 2 rings (SSSR count). The minimum atomic E-state index is -0.967. The fourth-order valence-electron chi connectivity index (χ4n) is 2.61. The number of nitrogens with zero attached hydrogens (tertiary/aromatic N) is 3. The second-order valence-electron chi connectivity index (χ2n) is 5.97. The Hall–Kier alpha value is -2.64. The molecule has 1 saturated heterocycles. The molecule has 8 nitrogen and oxygen atoms in total. The summed E-state index contributed by atoms with van der Waals surface area (Å²) in [7, 11) is 1.51. The molecule has 2 heterocycles. The Morgan fingerprint density at radius 2 is 2.29 bits per heavy atom. The van der Waals surface area contributed by atoms with Crippen molar-refractivity contribution in [3.8, 4) is 0 Å². The van der Waals surface area contributed by atoms with Crippen LogP contribution in [0, 0.1) is 5.92 Å². The van der Waals surface area contributed by atoms with E-state index in [4.69, 9.17) is 5.11 Å². The van der Waals surface area contributed by atoms with Crippen LogP contribution in [0.5, 0.6) is 0 Å². The number of piperidine rings is 1. The lowest BCUT2D eigenvalue weighted by Gasteiger charge is -2.33. The average Bonchev–Trinajstić information content (AvgIpc) is 2.57. The Labute approximate surface area is 140 Å². The fraction of sp³-hybridized carbons (Fsp3) is 0.500. The van der Waals surface area contributed by atoms with Crippen LogP contribution in [0.15, 0.2) is 24.5 Å². The standard InChI is InChI=1S/C16H22N4O4/c1-11(15(22)23)10-19(2)16(24)18-13-6-4-8-20(14(13)21)12-5-3-7-17-9-12/h3,5,7,9,11,13H,4,6,8,10H2,1-2H3,(H,18,24)(H,22,23). The van der Waals surface area contributed by atoms with Crippen molar-refractivity contribution >= 4 is 23.6 Å². The Bertz CT molecular complexity index is 607. The number of nitrogens with one attached hydrogen (secondary N) is 1. The van der Waals surface area contributed by atoms with E-state index in [0.717, 1.165) is 6.42 Å². The van der Waals surface area contributed by atoms with Crippen LogP contribution in [-0.2, 0) is 9.59 Å². The second kappa shape index (κ2) is 7.76. The highest BCUT2D eigenvalue weighted by atomic mass is 16.4. The van der Waals surface area contributed by atoms with E-state index in [2.05, 4.69) is 10.3 Å². The number of aliphatic carboxylic acids is 1. The van der Waals surface area contributed by atoms with Gasteiger partial charge < -0.3 is 20.2 Å². The summed E-state index contributed by atoms with van der Waals surface area (Å²) in [5, 5.41) is 11.6. The molecule has 2 N–H and O–H groups in total. The number of pyridine rings is 1. The lowest BCUT2D eigenvalue weighted by atomic mass is 10.0. The molecule has 0 saturated carbocycles. The second-order valence-corrected chi connectivity index (χ2v) is 5.97. The van der Waals surface area contributed by atoms with Crippen LogP contribution in [0.1, 0.15) is 19.8 Å². The Morgan fingerprint density at radius 1 is 1.54 bits per heavy atom. The molecule has 0 aliphatic carbocycles. The Morgan fingerprint density at radius 3 is 2.92 bits per heavy atom. The Kier molecular flexibility index (Phi) is 5.73. The number of carboxylic acids is 1. The summed E-state index contributed by atoms with van der Waals surface area (Å²) in [6.45, 7) is 2.19. The van der Waals surface area contributed by atoms with Crippen LogP contribution in [0.3, 0.4) is 0 Å². The zero-order chi connectivity index (χ0) is 17.7. The van der Waals surface area contributed by atoms with Crippen LogP contribution in [-0.4, -0.2) is 59.1 Å². The van der Waals surface area contributed by atoms with Crippen LogP contribution >= 0.6 is 0 Å². The number of aromatic nitrogens is 1. The van der Waals surface area contributed by atoms with Crippen molar-refractivity contribution in [2.75, 3.05) is 25.0 Å². The number of anilines is 1. The van der Waals surface area contributed by atoms with Crippen LogP contribution in [0.25, 0.3) is 0 Å². The van der Waals surface area contributed by atoms with Crippen molar-refractivity contribution in [3.63, 3.8) is 0 Å². The maximum Gasteiger partial charge on any atom is 0.317 e. The minimum Gasteiger partial charge on any atom is -0.481 e. The van der Waals surface area contributed by atoms with Crippen molar-refractivity contribution in [2.24, 2.45) is 5.92 Å². The minimum absolute atomic E-state index is 0.0778. The quantitative estimate of drug-likeness (QED) is 0.834. The zero-order valence-corrected chi connectivity index (χ0v) is 13.8. The highest BCUT2D eigenvalue weighted by Gasteiger charge is 2.31. The van der Waals surface area contributed by atoms with E-state index in [1.807, 2.05) is 0 Å². The molecule has 3 amide bonds. The van der Waals surface area contributed by atoms with E-state index in [0.29, 0.717) is 18.7 Å². The number of hydrogen-bond acceptors (Lipinski definition) is 4. The van der Waals surface area contributed by atoms with Gasteiger partial charge in [0.05, 0.1) is 17.8 Å². The lowest BCUT2D eigenvalue weighted by molar-refractivity contribution is -0.141. The first-order chi connectivity index (χ1) is 11.4. The number of carbonyl (C=O) groups excluding carboxylic acids is 2. The van der Waals surface area contributed by atoms with Crippen molar-refractivity contribution < 1.29 is 19.5 Å². The van der Waals surface area contributed by atoms with Crippen molar-refractivity contribution in [3.05, 3.63) is 24.5 Å². The van der Waals surface area contributed by atoms with E-state index >= 15 is 0 Å². The third kappa shape index (κ3) is 4.21. The van der Waals surface area contributed by atoms with Gasteiger partial charge in [0, 0.05) is 26.3 Å². The third-order valence-electron chi connectivity index (χ3n) is 4.01. The molecular formula is C16H22N4O4. The lowest BCUT2D eigenvalue weighted by Crippen LogP contribution is -2.55. The SMILES string of the molecule is CC(CN(C)C(=O)NC1CCCN(c2cccnc2)C1=O)C(=O)O. The zero-order valence-electron chi connectivity index (χ0n) is 13.8. The molecule has 0 aromatic carbocycles. The summed E-state index contributed by atoms with van der Waals surface area (Å²) >= 11 is 0. The van der Waals surface area contributed by atoms with Gasteiger partial charge in [0.25, 0.3) is 0 Å². The molecule has 24 heavy (non-hydrogen) atoms. The van der Waals surface area contributed by atoms with E-state index in [1.54, 1.807) is 29.4 Å². The van der Waals surface area contributed by atoms with E-state index in [1.165, 1.54) is 18.9 Å². The average molecular weight is 334 g/mol. The van der Waals surface area contributed by atoms with Gasteiger partial charge >= 0.3 is 12.0 Å². The molecule has 1 aromatic heterocycles. The molecule has 0 radical (unpaired) electrons. The van der Waals surface area contributed by atoms with Gasteiger partial charge in [0.1, 0.15) is 6.04 Å². The molecule has 1 aliphatic heterocycles. The topological polar surface area (TPSA) is 103 Å². The molecule has 8 heteroatoms.